The molecule has 1 N–H and O–H groups in total. The fourth-order valence-corrected chi connectivity index (χ4v) is 3.50. The Morgan fingerprint density at radius 2 is 1.84 bits per heavy atom. The lowest BCUT2D eigenvalue weighted by atomic mass is 10.1. The summed E-state index contributed by atoms with van der Waals surface area (Å²) in [5, 5.41) is 26.6. The molecule has 0 aliphatic heterocycles. The van der Waals surface area contributed by atoms with Gasteiger partial charge in [-0.2, -0.15) is 5.10 Å². The van der Waals surface area contributed by atoms with Crippen LogP contribution < -0.4 is 11.1 Å². The molecule has 0 fully saturated rings. The van der Waals surface area contributed by atoms with Crippen molar-refractivity contribution in [2.45, 2.75) is 0 Å². The Kier molecular flexibility index (Phi) is 5.20. The second kappa shape index (κ2) is 8.12. The van der Waals surface area contributed by atoms with Gasteiger partial charge in [-0.25, -0.2) is 9.78 Å². The van der Waals surface area contributed by atoms with Crippen LogP contribution in [0.2, 0.25) is 0 Å². The van der Waals surface area contributed by atoms with Crippen molar-refractivity contribution in [3.63, 3.8) is 0 Å². The number of hydrazone groups is 1. The highest BCUT2D eigenvalue weighted by molar-refractivity contribution is 7.18. The van der Waals surface area contributed by atoms with E-state index in [1.54, 1.807) is 12.1 Å². The van der Waals surface area contributed by atoms with Crippen LogP contribution in [-0.2, 0) is 0 Å². The number of nitrogens with zero attached hydrogens (tertiary/aromatic N) is 4. The Hall–Kier alpha value is -4.45. The summed E-state index contributed by atoms with van der Waals surface area (Å²) < 4.78 is 5.26. The highest BCUT2D eigenvalue weighted by Gasteiger charge is 2.14. The van der Waals surface area contributed by atoms with Gasteiger partial charge in [0.15, 0.2) is 0 Å². The summed E-state index contributed by atoms with van der Waals surface area (Å²) in [6.45, 7) is 0. The zero-order chi connectivity index (χ0) is 22.0. The van der Waals surface area contributed by atoms with Gasteiger partial charge in [0.2, 0.25) is 5.13 Å². The average molecular weight is 437 g/mol. The van der Waals surface area contributed by atoms with Crippen LogP contribution in [0.15, 0.2) is 69.0 Å². The minimum Gasteiger partial charge on any atom is -0.422 e. The number of fused-ring (bicyclic) bond motifs is 1. The first-order valence-electron chi connectivity index (χ1n) is 8.63. The van der Waals surface area contributed by atoms with E-state index in [-0.39, 0.29) is 22.5 Å². The fourth-order valence-electron chi connectivity index (χ4n) is 2.73. The van der Waals surface area contributed by atoms with Crippen molar-refractivity contribution in [1.82, 2.24) is 4.98 Å². The molecule has 2 aromatic heterocycles. The molecule has 154 valence electrons. The molecule has 0 saturated heterocycles. The monoisotopic (exact) mass is 437 g/mol. The standard InChI is InChI=1S/C19H11N5O6S/c25-18-15(8-12-7-14(24(28)29)4-5-16(12)30-18)17-10-20-19(31-17)22-21-9-11-2-1-3-13(6-11)23(26)27/h1-10H,(H,20,22)/b21-9-. The smallest absolute Gasteiger partial charge is 0.345 e. The number of aromatic nitrogens is 1. The molecule has 4 aromatic rings. The quantitative estimate of drug-likeness (QED) is 0.204. The second-order valence-electron chi connectivity index (χ2n) is 6.18. The van der Waals surface area contributed by atoms with E-state index in [0.29, 0.717) is 21.0 Å². The van der Waals surface area contributed by atoms with Gasteiger partial charge in [-0.3, -0.25) is 25.7 Å². The average Bonchev–Trinajstić information content (AvgIpc) is 3.21. The van der Waals surface area contributed by atoms with E-state index >= 15 is 0 Å². The molecule has 0 saturated carbocycles. The first kappa shape index (κ1) is 19.8. The summed E-state index contributed by atoms with van der Waals surface area (Å²) in [7, 11) is 0. The zero-order valence-electron chi connectivity index (χ0n) is 15.4. The summed E-state index contributed by atoms with van der Waals surface area (Å²) in [6.07, 6.45) is 2.85. The third-order valence-electron chi connectivity index (χ3n) is 4.15. The number of nitro benzene ring substituents is 2. The Balaban J connectivity index is 1.57. The number of non-ortho nitro benzene ring substituents is 2. The Bertz CT molecular complexity index is 1410. The number of hydrogen-bond acceptors (Lipinski definition) is 10. The van der Waals surface area contributed by atoms with Crippen molar-refractivity contribution >= 4 is 45.0 Å². The number of anilines is 1. The Labute approximate surface area is 176 Å². The predicted octanol–water partition coefficient (Wildman–Crippen LogP) is 4.18. The minimum atomic E-state index is -0.600. The van der Waals surface area contributed by atoms with E-state index in [9.17, 15) is 25.0 Å². The van der Waals surface area contributed by atoms with E-state index < -0.39 is 15.5 Å². The molecule has 0 unspecified atom stereocenters. The van der Waals surface area contributed by atoms with E-state index in [1.165, 1.54) is 48.8 Å². The molecule has 2 heterocycles. The fraction of sp³-hybridized carbons (Fsp3) is 0. The van der Waals surface area contributed by atoms with Crippen molar-refractivity contribution in [2.75, 3.05) is 5.43 Å². The predicted molar refractivity (Wildman–Crippen MR) is 115 cm³/mol. The van der Waals surface area contributed by atoms with Gasteiger partial charge in [0.05, 0.1) is 26.5 Å². The normalized spacial score (nSPS) is 11.1. The molecule has 0 spiro atoms. The topological polar surface area (TPSA) is 154 Å². The molecule has 2 aromatic carbocycles. The van der Waals surface area contributed by atoms with Crippen LogP contribution in [0.4, 0.5) is 16.5 Å². The van der Waals surface area contributed by atoms with Crippen LogP contribution in [-0.4, -0.2) is 21.0 Å². The minimum absolute atomic E-state index is 0.0521. The van der Waals surface area contributed by atoms with Gasteiger partial charge in [-0.05, 0) is 12.1 Å². The van der Waals surface area contributed by atoms with E-state index in [2.05, 4.69) is 15.5 Å². The Morgan fingerprint density at radius 3 is 2.61 bits per heavy atom. The third kappa shape index (κ3) is 4.28. The number of thiazole rings is 1. The van der Waals surface area contributed by atoms with Crippen molar-refractivity contribution < 1.29 is 14.3 Å². The highest BCUT2D eigenvalue weighted by Crippen LogP contribution is 2.30. The maximum atomic E-state index is 12.3. The second-order valence-corrected chi connectivity index (χ2v) is 7.21. The molecule has 0 bridgehead atoms. The van der Waals surface area contributed by atoms with Gasteiger partial charge in [0, 0.05) is 41.4 Å². The lowest BCUT2D eigenvalue weighted by Gasteiger charge is -2.00. The van der Waals surface area contributed by atoms with Crippen molar-refractivity contribution in [3.05, 3.63) is 90.9 Å². The molecule has 0 atom stereocenters. The van der Waals surface area contributed by atoms with Crippen molar-refractivity contribution in [1.29, 1.82) is 0 Å². The lowest BCUT2D eigenvalue weighted by molar-refractivity contribution is -0.385. The van der Waals surface area contributed by atoms with E-state index in [4.69, 9.17) is 4.42 Å². The van der Waals surface area contributed by atoms with E-state index in [0.717, 1.165) is 11.3 Å². The van der Waals surface area contributed by atoms with Crippen LogP contribution in [0, 0.1) is 20.2 Å². The summed E-state index contributed by atoms with van der Waals surface area (Å²) >= 11 is 1.12. The highest BCUT2D eigenvalue weighted by atomic mass is 32.1. The van der Waals surface area contributed by atoms with Gasteiger partial charge in [0.1, 0.15) is 5.58 Å². The molecule has 4 rings (SSSR count). The number of nitro groups is 2. The van der Waals surface area contributed by atoms with Crippen molar-refractivity contribution in [3.8, 4) is 10.4 Å². The molecule has 0 radical (unpaired) electrons. The molecule has 0 aliphatic rings. The van der Waals surface area contributed by atoms with Crippen LogP contribution >= 0.6 is 11.3 Å². The Morgan fingerprint density at radius 1 is 1.06 bits per heavy atom. The molecule has 11 nitrogen and oxygen atoms in total. The summed E-state index contributed by atoms with van der Waals surface area (Å²) in [5.74, 6) is 0. The first-order chi connectivity index (χ1) is 14.9. The van der Waals surface area contributed by atoms with Crippen LogP contribution in [0.5, 0.6) is 0 Å². The van der Waals surface area contributed by atoms with Gasteiger partial charge < -0.3 is 4.42 Å². The number of hydrogen-bond donors (Lipinski definition) is 1. The van der Waals surface area contributed by atoms with E-state index in [1.807, 2.05) is 0 Å². The van der Waals surface area contributed by atoms with Crippen LogP contribution in [0.25, 0.3) is 21.4 Å². The first-order valence-corrected chi connectivity index (χ1v) is 9.44. The summed E-state index contributed by atoms with van der Waals surface area (Å²) in [6, 6.07) is 11.4. The van der Waals surface area contributed by atoms with Gasteiger partial charge in [-0.1, -0.05) is 23.5 Å². The number of nitrogens with one attached hydrogen (secondary N) is 1. The van der Waals surface area contributed by atoms with Crippen LogP contribution in [0.3, 0.4) is 0 Å². The third-order valence-corrected chi connectivity index (χ3v) is 5.09. The molecule has 0 aliphatic carbocycles. The van der Waals surface area contributed by atoms with Gasteiger partial charge in [0.25, 0.3) is 11.4 Å². The number of rotatable bonds is 6. The molecule has 31 heavy (non-hydrogen) atoms. The molecular formula is C19H11N5O6S. The largest absolute Gasteiger partial charge is 0.422 e. The van der Waals surface area contributed by atoms with Gasteiger partial charge in [-0.15, -0.1) is 0 Å². The number of benzene rings is 2. The SMILES string of the molecule is O=c1oc2ccc([N+](=O)[O-])cc2cc1-c1cnc(N/N=C\c2cccc([N+](=O)[O-])c2)s1. The molecular weight excluding hydrogens is 426 g/mol. The lowest BCUT2D eigenvalue weighted by Crippen LogP contribution is -2.01. The molecule has 0 amide bonds. The van der Waals surface area contributed by atoms with Crippen molar-refractivity contribution in [2.24, 2.45) is 5.10 Å². The summed E-state index contributed by atoms with van der Waals surface area (Å²) in [5.41, 5.74) is 2.90. The summed E-state index contributed by atoms with van der Waals surface area (Å²) in [4.78, 5) is 37.7. The van der Waals surface area contributed by atoms with Crippen LogP contribution in [0.1, 0.15) is 5.56 Å². The maximum absolute atomic E-state index is 12.3. The zero-order valence-corrected chi connectivity index (χ0v) is 16.2. The maximum Gasteiger partial charge on any atom is 0.345 e. The van der Waals surface area contributed by atoms with Gasteiger partial charge >= 0.3 is 5.63 Å². The molecule has 12 heteroatoms.